The van der Waals surface area contributed by atoms with Crippen molar-refractivity contribution in [2.75, 3.05) is 12.4 Å². The average molecular weight is 582 g/mol. The van der Waals surface area contributed by atoms with Crippen molar-refractivity contribution in [2.45, 2.75) is 11.8 Å². The maximum absolute atomic E-state index is 13.4. The number of amides is 1. The van der Waals surface area contributed by atoms with Gasteiger partial charge in [0.1, 0.15) is 16.3 Å². The normalized spacial score (nSPS) is 11.4. The molecule has 0 aliphatic carbocycles. The van der Waals surface area contributed by atoms with Gasteiger partial charge in [-0.3, -0.25) is 9.35 Å². The van der Waals surface area contributed by atoms with Crippen LogP contribution in [0.1, 0.15) is 15.9 Å². The van der Waals surface area contributed by atoms with Crippen LogP contribution >= 0.6 is 23.2 Å². The zero-order chi connectivity index (χ0) is 26.9. The zero-order valence-corrected chi connectivity index (χ0v) is 24.6. The van der Waals surface area contributed by atoms with Crippen LogP contribution in [-0.4, -0.2) is 26.0 Å². The summed E-state index contributed by atoms with van der Waals surface area (Å²) in [6, 6.07) is 15.2. The number of carbonyl (C=O) groups is 1. The van der Waals surface area contributed by atoms with Gasteiger partial charge >= 0.3 is 29.6 Å². The van der Waals surface area contributed by atoms with E-state index in [4.69, 9.17) is 27.9 Å². The summed E-state index contributed by atoms with van der Waals surface area (Å²) < 4.78 is 38.5. The van der Waals surface area contributed by atoms with E-state index in [2.05, 4.69) is 15.5 Å². The first-order valence-corrected chi connectivity index (χ1v) is 12.8. The van der Waals surface area contributed by atoms with Gasteiger partial charge in [0.05, 0.1) is 17.8 Å². The predicted molar refractivity (Wildman–Crippen MR) is 140 cm³/mol. The van der Waals surface area contributed by atoms with Crippen molar-refractivity contribution >= 4 is 67.1 Å². The van der Waals surface area contributed by atoms with Crippen LogP contribution in [0.5, 0.6) is 11.5 Å². The molecule has 0 aromatic heterocycles. The summed E-state index contributed by atoms with van der Waals surface area (Å²) in [5.74, 6) is -1.03. The van der Waals surface area contributed by atoms with Crippen LogP contribution in [0.4, 0.5) is 17.1 Å². The summed E-state index contributed by atoms with van der Waals surface area (Å²) in [7, 11) is -3.24. The third-order valence-electron chi connectivity index (χ3n) is 5.39. The molecule has 0 heterocycles. The summed E-state index contributed by atoms with van der Waals surface area (Å²) in [6.45, 7) is 1.52. The van der Waals surface area contributed by atoms with Crippen molar-refractivity contribution in [3.63, 3.8) is 0 Å². The van der Waals surface area contributed by atoms with Crippen molar-refractivity contribution < 1.29 is 57.2 Å². The number of nitrogens with one attached hydrogen (secondary N) is 1. The van der Waals surface area contributed by atoms with Gasteiger partial charge in [-0.2, -0.15) is 13.5 Å². The van der Waals surface area contributed by atoms with E-state index in [1.165, 1.54) is 32.2 Å². The Balaban J connectivity index is 0.00000400. The molecule has 0 saturated heterocycles. The number of nitrogens with zero attached hydrogens (tertiary/aromatic N) is 2. The molecule has 4 rings (SSSR count). The standard InChI is InChI=1S/C25H19Cl2N3O6S.Na/c1-13-9-15(26)11-21(37(33,34)35)22(13)29-30-23-17-6-4-3-5-14(17)10-18(24(23)31)25(32)28-16-7-8-20(36-2)19(27)12-16;/h3-12,31H,1-2H3,(H,28,32)(H,33,34,35);/q;+1/p-1. The third kappa shape index (κ3) is 6.29. The first kappa shape index (κ1) is 29.9. The molecule has 190 valence electrons. The Kier molecular flexibility index (Phi) is 9.43. The summed E-state index contributed by atoms with van der Waals surface area (Å²) >= 11 is 12.1. The van der Waals surface area contributed by atoms with E-state index in [0.29, 0.717) is 27.8 Å². The Morgan fingerprint density at radius 3 is 2.37 bits per heavy atom. The fourth-order valence-corrected chi connectivity index (χ4v) is 4.97. The summed E-state index contributed by atoms with van der Waals surface area (Å²) in [4.78, 5) is 12.5. The molecule has 0 fully saturated rings. The minimum absolute atomic E-state index is 0. The molecule has 0 saturated carbocycles. The molecule has 0 radical (unpaired) electrons. The van der Waals surface area contributed by atoms with Crippen LogP contribution in [-0.2, 0) is 10.1 Å². The Hall–Kier alpha value is -2.70. The van der Waals surface area contributed by atoms with E-state index in [1.807, 2.05) is 0 Å². The minimum atomic E-state index is -4.70. The summed E-state index contributed by atoms with van der Waals surface area (Å²) in [6.07, 6.45) is 0. The van der Waals surface area contributed by atoms with E-state index in [9.17, 15) is 22.9 Å². The molecule has 1 amide bonds. The number of hydrogen-bond acceptors (Lipinski definition) is 7. The molecule has 4 aromatic carbocycles. The van der Waals surface area contributed by atoms with Crippen LogP contribution in [0.15, 0.2) is 75.8 Å². The monoisotopic (exact) mass is 581 g/mol. The van der Waals surface area contributed by atoms with E-state index in [0.717, 1.165) is 6.07 Å². The molecule has 0 aliphatic rings. The van der Waals surface area contributed by atoms with E-state index in [1.54, 1.807) is 36.4 Å². The molecule has 0 bridgehead atoms. The Labute approximate surface area is 250 Å². The largest absolute Gasteiger partial charge is 1.00 e. The molecular weight excluding hydrogens is 564 g/mol. The SMILES string of the molecule is COc1ccc(NC(=O)c2cc3ccccc3c(N=Nc3c(C)cc(Cl)cc3S(=O)(=O)O)c2[O-])cc1Cl.[Na+]. The quantitative estimate of drug-likeness (QED) is 0.203. The summed E-state index contributed by atoms with van der Waals surface area (Å²) in [5.41, 5.74) is 0.0270. The van der Waals surface area contributed by atoms with Gasteiger partial charge in [0.15, 0.2) is 0 Å². The second-order valence-corrected chi connectivity index (χ2v) is 10.1. The van der Waals surface area contributed by atoms with Gasteiger partial charge in [0, 0.05) is 21.7 Å². The first-order valence-electron chi connectivity index (χ1n) is 10.6. The smallest absolute Gasteiger partial charge is 0.870 e. The average Bonchev–Trinajstić information content (AvgIpc) is 2.83. The second kappa shape index (κ2) is 12.0. The van der Waals surface area contributed by atoms with Crippen LogP contribution in [0.2, 0.25) is 10.0 Å². The van der Waals surface area contributed by atoms with Gasteiger partial charge in [-0.1, -0.05) is 53.2 Å². The fraction of sp³-hybridized carbons (Fsp3) is 0.0800. The molecule has 38 heavy (non-hydrogen) atoms. The van der Waals surface area contributed by atoms with Crippen LogP contribution in [0.25, 0.3) is 10.8 Å². The molecule has 0 unspecified atom stereocenters. The fourth-order valence-electron chi connectivity index (χ4n) is 3.65. The van der Waals surface area contributed by atoms with Crippen LogP contribution < -0.4 is 44.7 Å². The van der Waals surface area contributed by atoms with Gasteiger partial charge in [-0.05, 0) is 54.3 Å². The summed E-state index contributed by atoms with van der Waals surface area (Å²) in [5, 5.41) is 25.3. The number of azo groups is 1. The molecule has 0 atom stereocenters. The van der Waals surface area contributed by atoms with Gasteiger partial charge in [0.2, 0.25) is 0 Å². The Morgan fingerprint density at radius 1 is 1.03 bits per heavy atom. The van der Waals surface area contributed by atoms with E-state index >= 15 is 0 Å². The first-order chi connectivity index (χ1) is 17.5. The number of ether oxygens (including phenoxy) is 1. The number of methoxy groups -OCH3 is 1. The number of carbonyl (C=O) groups excluding carboxylic acids is 1. The molecule has 4 aromatic rings. The topological polar surface area (TPSA) is 140 Å². The van der Waals surface area contributed by atoms with Gasteiger partial charge in [-0.25, -0.2) is 0 Å². The number of rotatable bonds is 6. The number of hydrogen-bond donors (Lipinski definition) is 2. The van der Waals surface area contributed by atoms with Gasteiger partial charge in [-0.15, -0.1) is 5.11 Å². The van der Waals surface area contributed by atoms with Crippen molar-refractivity contribution in [1.82, 2.24) is 0 Å². The second-order valence-electron chi connectivity index (χ2n) is 7.87. The van der Waals surface area contributed by atoms with Crippen LogP contribution in [0, 0.1) is 6.92 Å². The molecule has 2 N–H and O–H groups in total. The predicted octanol–water partition coefficient (Wildman–Crippen LogP) is 3.46. The molecular formula is C25H18Cl2N3NaO6S. The van der Waals surface area contributed by atoms with Crippen molar-refractivity contribution in [2.24, 2.45) is 10.2 Å². The van der Waals surface area contributed by atoms with Crippen molar-refractivity contribution in [3.8, 4) is 11.5 Å². The van der Waals surface area contributed by atoms with Crippen molar-refractivity contribution in [1.29, 1.82) is 0 Å². The van der Waals surface area contributed by atoms with Crippen molar-refractivity contribution in [3.05, 3.63) is 81.8 Å². The minimum Gasteiger partial charge on any atom is -0.870 e. The third-order valence-corrected chi connectivity index (χ3v) is 6.77. The number of fused-ring (bicyclic) bond motifs is 1. The van der Waals surface area contributed by atoms with E-state index in [-0.39, 0.29) is 56.5 Å². The maximum Gasteiger partial charge on any atom is 1.00 e. The molecule has 0 aliphatic heterocycles. The number of aryl methyl sites for hydroxylation is 1. The molecule has 13 heteroatoms. The number of anilines is 1. The Morgan fingerprint density at radius 2 is 1.71 bits per heavy atom. The van der Waals surface area contributed by atoms with Gasteiger partial charge < -0.3 is 15.2 Å². The number of halogens is 2. The Bertz CT molecular complexity index is 1700. The molecule has 0 spiro atoms. The number of benzene rings is 4. The van der Waals surface area contributed by atoms with Gasteiger partial charge in [0.25, 0.3) is 16.0 Å². The zero-order valence-electron chi connectivity index (χ0n) is 20.3. The van der Waals surface area contributed by atoms with E-state index < -0.39 is 26.7 Å². The maximum atomic E-state index is 13.4. The molecule has 9 nitrogen and oxygen atoms in total. The van der Waals surface area contributed by atoms with Crippen LogP contribution in [0.3, 0.4) is 0 Å².